The van der Waals surface area contributed by atoms with Gasteiger partial charge in [-0.1, -0.05) is 60.4 Å². The van der Waals surface area contributed by atoms with E-state index in [2.05, 4.69) is 16.8 Å². The molecule has 0 radical (unpaired) electrons. The molecule has 4 aromatic rings. The van der Waals surface area contributed by atoms with Crippen molar-refractivity contribution in [2.24, 2.45) is 5.92 Å². The normalized spacial score (nSPS) is 22.1. The summed E-state index contributed by atoms with van der Waals surface area (Å²) < 4.78 is 36.2. The first-order chi connectivity index (χ1) is 22.6. The first-order valence-electron chi connectivity index (χ1n) is 15.7. The number of nitrogens with zero attached hydrogens (tertiary/aromatic N) is 3. The Labute approximate surface area is 271 Å². The lowest BCUT2D eigenvalue weighted by Gasteiger charge is -2.43. The van der Waals surface area contributed by atoms with Crippen molar-refractivity contribution in [3.05, 3.63) is 119 Å². The molecule has 2 fully saturated rings. The van der Waals surface area contributed by atoms with Gasteiger partial charge in [-0.05, 0) is 73.6 Å². The molecule has 3 N–H and O–H groups in total. The van der Waals surface area contributed by atoms with E-state index in [-0.39, 0.29) is 74.5 Å². The van der Waals surface area contributed by atoms with Crippen molar-refractivity contribution in [3.8, 4) is 23.5 Å². The van der Waals surface area contributed by atoms with Gasteiger partial charge in [0.25, 0.3) is 5.56 Å². The van der Waals surface area contributed by atoms with Crippen LogP contribution >= 0.6 is 0 Å². The third kappa shape index (κ3) is 7.36. The van der Waals surface area contributed by atoms with Crippen LogP contribution in [-0.2, 0) is 11.3 Å². The summed E-state index contributed by atoms with van der Waals surface area (Å²) in [6.07, 6.45) is 2.34. The standard InChI is InChI=1S/C37H36F2N4O4/c38-28-11-13-29(14-12-28)47-33-32(40)35(45)43(25-41-33)24-37(46)19-21-42(22-20-37)34(44)30-16-18-36(39,17-15-26-7-3-1-4-8-26)23-31(30)27-9-5-2-6-10-27/h1-14,25,30-31,46H,16,18-24,40H2/t30-,31+,36+/m1/s1. The number of alkyl halides is 1. The highest BCUT2D eigenvalue weighted by molar-refractivity contribution is 5.80. The number of amides is 1. The van der Waals surface area contributed by atoms with Crippen LogP contribution in [0.25, 0.3) is 0 Å². The fourth-order valence-electron chi connectivity index (χ4n) is 6.50. The minimum absolute atomic E-state index is 0.0654. The Morgan fingerprint density at radius 1 is 1.00 bits per heavy atom. The Morgan fingerprint density at radius 2 is 1.66 bits per heavy atom. The second kappa shape index (κ2) is 13.4. The highest BCUT2D eigenvalue weighted by Gasteiger charge is 2.46. The molecular weight excluding hydrogens is 602 g/mol. The molecule has 2 aliphatic rings. The largest absolute Gasteiger partial charge is 0.437 e. The lowest BCUT2D eigenvalue weighted by molar-refractivity contribution is -0.142. The summed E-state index contributed by atoms with van der Waals surface area (Å²) in [7, 11) is 0. The van der Waals surface area contributed by atoms with Gasteiger partial charge in [-0.25, -0.2) is 13.8 Å². The monoisotopic (exact) mass is 638 g/mol. The molecule has 1 aliphatic carbocycles. The zero-order valence-electron chi connectivity index (χ0n) is 25.8. The van der Waals surface area contributed by atoms with E-state index in [4.69, 9.17) is 10.5 Å². The van der Waals surface area contributed by atoms with Crippen LogP contribution in [0.15, 0.2) is 96.1 Å². The van der Waals surface area contributed by atoms with E-state index in [0.29, 0.717) is 6.42 Å². The van der Waals surface area contributed by atoms with Crippen molar-refractivity contribution < 1.29 is 23.4 Å². The molecule has 0 bridgehead atoms. The smallest absolute Gasteiger partial charge is 0.280 e. The first kappa shape index (κ1) is 32.0. The van der Waals surface area contributed by atoms with Gasteiger partial charge in [-0.2, -0.15) is 0 Å². The summed E-state index contributed by atoms with van der Waals surface area (Å²) in [5.41, 5.74) is 3.84. The predicted octanol–water partition coefficient (Wildman–Crippen LogP) is 5.45. The number of aliphatic hydroxyl groups is 1. The maximum absolute atomic E-state index is 16.2. The third-order valence-electron chi connectivity index (χ3n) is 9.17. The summed E-state index contributed by atoms with van der Waals surface area (Å²) in [4.78, 5) is 32.9. The number of rotatable bonds is 6. The summed E-state index contributed by atoms with van der Waals surface area (Å²) in [6, 6.07) is 24.1. The molecule has 242 valence electrons. The first-order valence-corrected chi connectivity index (χ1v) is 15.7. The number of carbonyl (C=O) groups is 1. The second-order valence-corrected chi connectivity index (χ2v) is 12.4. The number of anilines is 1. The molecule has 1 aliphatic heterocycles. The van der Waals surface area contributed by atoms with Crippen LogP contribution < -0.4 is 16.0 Å². The van der Waals surface area contributed by atoms with Gasteiger partial charge in [-0.15, -0.1) is 0 Å². The van der Waals surface area contributed by atoms with Crippen LogP contribution in [0.5, 0.6) is 11.6 Å². The topological polar surface area (TPSA) is 111 Å². The molecule has 6 rings (SSSR count). The summed E-state index contributed by atoms with van der Waals surface area (Å²) in [5.74, 6) is 4.73. The minimum atomic E-state index is -1.72. The van der Waals surface area contributed by atoms with Gasteiger partial charge >= 0.3 is 0 Å². The van der Waals surface area contributed by atoms with Gasteiger partial charge in [0, 0.05) is 31.0 Å². The predicted molar refractivity (Wildman–Crippen MR) is 174 cm³/mol. The van der Waals surface area contributed by atoms with Gasteiger partial charge in [0.15, 0.2) is 11.4 Å². The van der Waals surface area contributed by atoms with E-state index < -0.39 is 28.6 Å². The maximum atomic E-state index is 16.2. The van der Waals surface area contributed by atoms with Crippen LogP contribution in [0, 0.1) is 23.6 Å². The van der Waals surface area contributed by atoms with Crippen molar-refractivity contribution in [2.45, 2.75) is 55.8 Å². The van der Waals surface area contributed by atoms with E-state index in [1.165, 1.54) is 35.2 Å². The van der Waals surface area contributed by atoms with E-state index in [0.717, 1.165) is 11.1 Å². The quantitative estimate of drug-likeness (QED) is 0.272. The highest BCUT2D eigenvalue weighted by Crippen LogP contribution is 2.45. The summed E-state index contributed by atoms with van der Waals surface area (Å²) in [6.45, 7) is 0.499. The molecule has 8 nitrogen and oxygen atoms in total. The van der Waals surface area contributed by atoms with E-state index in [1.807, 2.05) is 60.7 Å². The van der Waals surface area contributed by atoms with E-state index in [1.54, 1.807) is 4.90 Å². The third-order valence-corrected chi connectivity index (χ3v) is 9.17. The zero-order chi connectivity index (χ0) is 33.0. The zero-order valence-corrected chi connectivity index (χ0v) is 25.8. The van der Waals surface area contributed by atoms with Gasteiger partial charge in [0.2, 0.25) is 11.8 Å². The van der Waals surface area contributed by atoms with Crippen LogP contribution in [0.4, 0.5) is 14.5 Å². The van der Waals surface area contributed by atoms with Crippen LogP contribution in [0.2, 0.25) is 0 Å². The molecule has 10 heteroatoms. The fraction of sp³-hybridized carbons (Fsp3) is 0.324. The van der Waals surface area contributed by atoms with Gasteiger partial charge in [0.1, 0.15) is 17.9 Å². The number of nitrogen functional groups attached to an aromatic ring is 1. The Kier molecular flexibility index (Phi) is 9.10. The number of likely N-dealkylation sites (tertiary alicyclic amines) is 1. The number of carbonyl (C=O) groups excluding carboxylic acids is 1. The number of aromatic nitrogens is 2. The number of benzene rings is 3. The van der Waals surface area contributed by atoms with Gasteiger partial charge in [0.05, 0.1) is 12.1 Å². The summed E-state index contributed by atoms with van der Waals surface area (Å²) >= 11 is 0. The Morgan fingerprint density at radius 3 is 2.34 bits per heavy atom. The molecule has 1 aromatic heterocycles. The van der Waals surface area contributed by atoms with Crippen LogP contribution in [-0.4, -0.2) is 49.8 Å². The number of piperidine rings is 1. The lowest BCUT2D eigenvalue weighted by Crippen LogP contribution is -2.52. The summed E-state index contributed by atoms with van der Waals surface area (Å²) in [5, 5.41) is 11.4. The molecular formula is C37H36F2N4O4. The number of nitrogens with two attached hydrogens (primary N) is 1. The number of ether oxygens (including phenoxy) is 1. The molecule has 2 heterocycles. The second-order valence-electron chi connectivity index (χ2n) is 12.4. The highest BCUT2D eigenvalue weighted by atomic mass is 19.1. The van der Waals surface area contributed by atoms with Crippen molar-refractivity contribution in [3.63, 3.8) is 0 Å². The SMILES string of the molecule is Nc1c(Oc2ccc(F)cc2)ncn(CC2(O)CCN(C(=O)[C@@H]3CC[C@@](F)(C#Cc4ccccc4)C[C@H]3c3ccccc3)CC2)c1=O. The van der Waals surface area contributed by atoms with Crippen molar-refractivity contribution in [1.29, 1.82) is 0 Å². The average molecular weight is 639 g/mol. The Balaban J connectivity index is 1.12. The molecule has 47 heavy (non-hydrogen) atoms. The molecule has 3 atom stereocenters. The number of hydrogen-bond donors (Lipinski definition) is 2. The molecule has 1 amide bonds. The number of halogens is 2. The lowest BCUT2D eigenvalue weighted by atomic mass is 9.69. The molecule has 3 aromatic carbocycles. The molecule has 0 unspecified atom stereocenters. The number of hydrogen-bond acceptors (Lipinski definition) is 6. The van der Waals surface area contributed by atoms with Crippen LogP contribution in [0.1, 0.15) is 49.1 Å². The molecule has 0 spiro atoms. The Hall–Kier alpha value is -5.01. The van der Waals surface area contributed by atoms with Gasteiger partial charge < -0.3 is 20.5 Å². The van der Waals surface area contributed by atoms with Crippen molar-refractivity contribution in [1.82, 2.24) is 14.5 Å². The van der Waals surface area contributed by atoms with Gasteiger partial charge in [-0.3, -0.25) is 14.2 Å². The fourth-order valence-corrected chi connectivity index (χ4v) is 6.50. The average Bonchev–Trinajstić information content (AvgIpc) is 3.09. The van der Waals surface area contributed by atoms with E-state index in [9.17, 15) is 19.1 Å². The van der Waals surface area contributed by atoms with Crippen LogP contribution in [0.3, 0.4) is 0 Å². The van der Waals surface area contributed by atoms with Crippen molar-refractivity contribution >= 4 is 11.6 Å². The Bertz CT molecular complexity index is 1830. The van der Waals surface area contributed by atoms with Crippen molar-refractivity contribution in [2.75, 3.05) is 18.8 Å². The molecule has 1 saturated heterocycles. The van der Waals surface area contributed by atoms with E-state index >= 15 is 4.39 Å². The molecule has 1 saturated carbocycles. The minimum Gasteiger partial charge on any atom is -0.437 e. The maximum Gasteiger partial charge on any atom is 0.280 e.